The van der Waals surface area contributed by atoms with Crippen molar-refractivity contribution in [3.05, 3.63) is 78.0 Å². The molecule has 0 radical (unpaired) electrons. The quantitative estimate of drug-likeness (QED) is 0.553. The summed E-state index contributed by atoms with van der Waals surface area (Å²) in [5, 5.41) is 2.11. The van der Waals surface area contributed by atoms with Gasteiger partial charge in [0.25, 0.3) is 0 Å². The molecule has 2 aromatic heterocycles. The third-order valence-corrected chi connectivity index (χ3v) is 3.90. The molecule has 0 amide bonds. The minimum atomic E-state index is 0.466. The maximum atomic E-state index is 6.10. The van der Waals surface area contributed by atoms with Gasteiger partial charge >= 0.3 is 0 Å². The minimum Gasteiger partial charge on any atom is -0.382 e. The van der Waals surface area contributed by atoms with Gasteiger partial charge in [0.15, 0.2) is 5.82 Å². The van der Waals surface area contributed by atoms with E-state index in [1.165, 1.54) is 0 Å². The number of hydrogen-bond donors (Lipinski definition) is 1. The van der Waals surface area contributed by atoms with E-state index in [0.717, 1.165) is 32.9 Å². The normalized spacial score (nSPS) is 11.5. The Balaban J connectivity index is 1.98. The van der Waals surface area contributed by atoms with Crippen molar-refractivity contribution in [2.45, 2.75) is 0 Å². The lowest BCUT2D eigenvalue weighted by Gasteiger charge is -2.08. The van der Waals surface area contributed by atoms with E-state index in [1.54, 1.807) is 6.20 Å². The lowest BCUT2D eigenvalue weighted by molar-refractivity contribution is 1.36. The molecular weight excluding hydrogens is 282 g/mol. The highest BCUT2D eigenvalue weighted by molar-refractivity contribution is 6.12. The van der Waals surface area contributed by atoms with Gasteiger partial charge in [-0.3, -0.25) is 4.98 Å². The average Bonchev–Trinajstić information content (AvgIpc) is 2.61. The van der Waals surface area contributed by atoms with Crippen molar-refractivity contribution in [2.24, 2.45) is 0 Å². The Morgan fingerprint density at radius 2 is 1.61 bits per heavy atom. The molecule has 0 aliphatic rings. The molecule has 0 aliphatic heterocycles. The van der Waals surface area contributed by atoms with E-state index in [4.69, 9.17) is 5.73 Å². The van der Waals surface area contributed by atoms with Gasteiger partial charge in [0.2, 0.25) is 0 Å². The number of fused-ring (bicyclic) bond motifs is 3. The molecule has 23 heavy (non-hydrogen) atoms. The van der Waals surface area contributed by atoms with Crippen molar-refractivity contribution in [1.82, 2.24) is 9.97 Å². The van der Waals surface area contributed by atoms with E-state index in [1.807, 2.05) is 42.5 Å². The minimum absolute atomic E-state index is 0.466. The summed E-state index contributed by atoms with van der Waals surface area (Å²) in [5.41, 5.74) is 9.98. The zero-order valence-corrected chi connectivity index (χ0v) is 12.5. The maximum absolute atomic E-state index is 6.10. The van der Waals surface area contributed by atoms with Crippen LogP contribution in [-0.2, 0) is 0 Å². The number of nitrogen functional groups attached to an aromatic ring is 1. The first-order valence-electron chi connectivity index (χ1n) is 7.49. The van der Waals surface area contributed by atoms with Gasteiger partial charge in [-0.1, -0.05) is 60.7 Å². The molecule has 0 fully saturated rings. The predicted molar refractivity (Wildman–Crippen MR) is 96.8 cm³/mol. The zero-order valence-electron chi connectivity index (χ0n) is 12.5. The van der Waals surface area contributed by atoms with Gasteiger partial charge in [-0.15, -0.1) is 0 Å². The van der Waals surface area contributed by atoms with Gasteiger partial charge in [0.1, 0.15) is 5.52 Å². The van der Waals surface area contributed by atoms with Crippen LogP contribution >= 0.6 is 0 Å². The lowest BCUT2D eigenvalue weighted by Crippen LogP contribution is -1.96. The molecule has 4 rings (SSSR count). The van der Waals surface area contributed by atoms with Gasteiger partial charge in [0, 0.05) is 17.0 Å². The first kappa shape index (κ1) is 13.5. The third kappa shape index (κ3) is 2.42. The van der Waals surface area contributed by atoms with E-state index in [2.05, 4.69) is 40.3 Å². The predicted octanol–water partition coefficient (Wildman–Crippen LogP) is 4.54. The fourth-order valence-electron chi connectivity index (χ4n) is 2.81. The summed E-state index contributed by atoms with van der Waals surface area (Å²) >= 11 is 0. The van der Waals surface area contributed by atoms with Crippen LogP contribution in [0.15, 0.2) is 66.9 Å². The van der Waals surface area contributed by atoms with Crippen LogP contribution in [0.25, 0.3) is 34.0 Å². The first-order valence-corrected chi connectivity index (χ1v) is 7.49. The number of pyridine rings is 2. The third-order valence-electron chi connectivity index (χ3n) is 3.90. The maximum Gasteiger partial charge on any atom is 0.150 e. The second-order valence-corrected chi connectivity index (χ2v) is 5.38. The molecule has 0 bridgehead atoms. The van der Waals surface area contributed by atoms with Crippen LogP contribution in [0.4, 0.5) is 5.82 Å². The van der Waals surface area contributed by atoms with Crippen molar-refractivity contribution < 1.29 is 0 Å². The average molecular weight is 297 g/mol. The Hall–Kier alpha value is -3.20. The van der Waals surface area contributed by atoms with E-state index >= 15 is 0 Å². The Morgan fingerprint density at radius 1 is 0.826 bits per heavy atom. The SMILES string of the molecule is Nc1nc2ccccc2c2c(C=Cc3ccccc3)ccnc12. The van der Waals surface area contributed by atoms with Crippen molar-refractivity contribution in [3.8, 4) is 0 Å². The fraction of sp³-hybridized carbons (Fsp3) is 0. The molecule has 110 valence electrons. The molecule has 4 aromatic rings. The number of aromatic nitrogens is 2. The van der Waals surface area contributed by atoms with Crippen molar-refractivity contribution in [3.63, 3.8) is 0 Å². The molecule has 0 aliphatic carbocycles. The zero-order chi connectivity index (χ0) is 15.6. The summed E-state index contributed by atoms with van der Waals surface area (Å²) < 4.78 is 0. The van der Waals surface area contributed by atoms with Crippen LogP contribution in [0.1, 0.15) is 11.1 Å². The Kier molecular flexibility index (Phi) is 3.24. The summed E-state index contributed by atoms with van der Waals surface area (Å²) in [4.78, 5) is 8.88. The van der Waals surface area contributed by atoms with Crippen LogP contribution in [0.3, 0.4) is 0 Å². The van der Waals surface area contributed by atoms with E-state index in [0.29, 0.717) is 5.82 Å². The van der Waals surface area contributed by atoms with E-state index < -0.39 is 0 Å². The largest absolute Gasteiger partial charge is 0.382 e. The van der Waals surface area contributed by atoms with Gasteiger partial charge < -0.3 is 5.73 Å². The molecule has 0 saturated heterocycles. The Labute approximate surface area is 134 Å². The van der Waals surface area contributed by atoms with Gasteiger partial charge in [-0.05, 0) is 23.3 Å². The van der Waals surface area contributed by atoms with Gasteiger partial charge in [-0.25, -0.2) is 4.98 Å². The molecule has 2 aromatic carbocycles. The van der Waals surface area contributed by atoms with Crippen molar-refractivity contribution in [2.75, 3.05) is 5.73 Å². The van der Waals surface area contributed by atoms with Crippen LogP contribution < -0.4 is 5.73 Å². The molecule has 0 atom stereocenters. The van der Waals surface area contributed by atoms with E-state index in [-0.39, 0.29) is 0 Å². The van der Waals surface area contributed by atoms with Crippen LogP contribution in [0.5, 0.6) is 0 Å². The summed E-state index contributed by atoms with van der Waals surface area (Å²) in [7, 11) is 0. The number of para-hydroxylation sites is 1. The summed E-state index contributed by atoms with van der Waals surface area (Å²) in [6.07, 6.45) is 5.98. The van der Waals surface area contributed by atoms with Gasteiger partial charge in [-0.2, -0.15) is 0 Å². The summed E-state index contributed by atoms with van der Waals surface area (Å²) in [6.45, 7) is 0. The molecule has 3 nitrogen and oxygen atoms in total. The molecule has 0 saturated carbocycles. The number of rotatable bonds is 2. The lowest BCUT2D eigenvalue weighted by atomic mass is 10.0. The highest BCUT2D eigenvalue weighted by Gasteiger charge is 2.09. The monoisotopic (exact) mass is 297 g/mol. The summed E-state index contributed by atoms with van der Waals surface area (Å²) in [6, 6.07) is 20.3. The van der Waals surface area contributed by atoms with Crippen LogP contribution in [0.2, 0.25) is 0 Å². The van der Waals surface area contributed by atoms with Crippen LogP contribution in [-0.4, -0.2) is 9.97 Å². The number of benzene rings is 2. The molecule has 2 N–H and O–H groups in total. The van der Waals surface area contributed by atoms with Gasteiger partial charge in [0.05, 0.1) is 5.52 Å². The Morgan fingerprint density at radius 3 is 2.48 bits per heavy atom. The number of nitrogens with two attached hydrogens (primary N) is 1. The number of hydrogen-bond acceptors (Lipinski definition) is 3. The fourth-order valence-corrected chi connectivity index (χ4v) is 2.81. The van der Waals surface area contributed by atoms with E-state index in [9.17, 15) is 0 Å². The highest BCUT2D eigenvalue weighted by atomic mass is 14.9. The number of anilines is 1. The smallest absolute Gasteiger partial charge is 0.150 e. The Bertz CT molecular complexity index is 1020. The topological polar surface area (TPSA) is 51.8 Å². The van der Waals surface area contributed by atoms with Crippen molar-refractivity contribution >= 4 is 39.8 Å². The second kappa shape index (κ2) is 5.54. The van der Waals surface area contributed by atoms with Crippen LogP contribution in [0, 0.1) is 0 Å². The molecule has 2 heterocycles. The molecule has 0 spiro atoms. The van der Waals surface area contributed by atoms with Crippen molar-refractivity contribution in [1.29, 1.82) is 0 Å². The first-order chi connectivity index (χ1) is 11.3. The highest BCUT2D eigenvalue weighted by Crippen LogP contribution is 2.30. The molecule has 0 unspecified atom stereocenters. The molecule has 3 heteroatoms. The second-order valence-electron chi connectivity index (χ2n) is 5.38. The summed E-state index contributed by atoms with van der Waals surface area (Å²) in [5.74, 6) is 0.466. The number of nitrogens with zero attached hydrogens (tertiary/aromatic N) is 2. The standard InChI is InChI=1S/C20H15N3/c21-20-19-18(16-8-4-5-9-17(16)23-20)15(12-13-22-19)11-10-14-6-2-1-3-7-14/h1-13H,(H2,21,23). The molecular formula is C20H15N3.